The van der Waals surface area contributed by atoms with E-state index in [9.17, 15) is 33.1 Å². The zero-order valence-corrected chi connectivity index (χ0v) is 35.1. The summed E-state index contributed by atoms with van der Waals surface area (Å²) in [6.07, 6.45) is -3.74. The number of carboxylic acid groups (broad SMARTS) is 1. The zero-order valence-electron chi connectivity index (χ0n) is 33.6. The minimum absolute atomic E-state index is 0.0125. The van der Waals surface area contributed by atoms with E-state index in [0.29, 0.717) is 45.3 Å². The van der Waals surface area contributed by atoms with Crippen molar-refractivity contribution in [3.8, 4) is 22.9 Å². The highest BCUT2D eigenvalue weighted by Crippen LogP contribution is 2.47. The fourth-order valence-corrected chi connectivity index (χ4v) is 9.01. The molecule has 3 aliphatic rings. The number of methoxy groups -OCH3 is 1. The molecule has 316 valence electrons. The second-order valence-corrected chi connectivity index (χ2v) is 18.0. The molecular formula is C40H51ClF2N6O8S. The number of thiazole rings is 1. The van der Waals surface area contributed by atoms with Crippen LogP contribution in [0.15, 0.2) is 23.6 Å². The lowest BCUT2D eigenvalue weighted by Gasteiger charge is -2.35. The summed E-state index contributed by atoms with van der Waals surface area (Å²) < 4.78 is 44.3. The van der Waals surface area contributed by atoms with Crippen LogP contribution < -0.4 is 25.4 Å². The number of carbonyl (C=O) groups excluding carboxylic acids is 3. The second kappa shape index (κ2) is 17.0. The van der Waals surface area contributed by atoms with Crippen LogP contribution in [0.2, 0.25) is 5.02 Å². The maximum Gasteiger partial charge on any atom is 0.408 e. The Morgan fingerprint density at radius 2 is 1.83 bits per heavy atom. The molecule has 0 spiro atoms. The van der Waals surface area contributed by atoms with Crippen molar-refractivity contribution in [2.75, 3.05) is 19.0 Å². The lowest BCUT2D eigenvalue weighted by molar-refractivity contribution is -0.146. The molecule has 2 aliphatic carbocycles. The molecule has 3 amide bonds. The number of anilines is 1. The molecule has 6 rings (SSSR count). The quantitative estimate of drug-likeness (QED) is 0.130. The predicted octanol–water partition coefficient (Wildman–Crippen LogP) is 7.13. The van der Waals surface area contributed by atoms with Crippen molar-refractivity contribution >= 4 is 62.8 Å². The molecule has 3 fully saturated rings. The van der Waals surface area contributed by atoms with Gasteiger partial charge in [-0.1, -0.05) is 45.7 Å². The molecule has 0 bridgehead atoms. The number of hydrogen-bond donors (Lipinski definition) is 4. The standard InChI is InChI=1S/C40H51ClF2N6O8S/c1-8-21-16-40(21,36(52)53)48-34(50)27-14-23(17-49(27)35(51)32(39(4,5)6)47-38(54)57-22-10-9-20(13-22)33(42)43)56-29-15-25(26-18-58-37(46-26)44-19(2)3)45-31-24(29)11-12-28(55-7)30(31)41/h11-12,15,18-23,27,32-33H,8-10,13-14,16-17H2,1-7H3,(H,44,46)(H,47,54)(H,48,50)(H,52,53)/t20-,21-,22-,23-,27+,32-,40-/m1/s1. The fraction of sp³-hybridized carbons (Fsp3) is 0.600. The number of aromatic nitrogens is 2. The predicted molar refractivity (Wildman–Crippen MR) is 215 cm³/mol. The normalized spacial score (nSPS) is 24.8. The molecule has 2 saturated carbocycles. The van der Waals surface area contributed by atoms with Crippen molar-refractivity contribution < 1.29 is 47.3 Å². The zero-order chi connectivity index (χ0) is 42.3. The maximum atomic E-state index is 14.7. The Bertz CT molecular complexity index is 2050. The van der Waals surface area contributed by atoms with Crippen LogP contribution in [0.1, 0.15) is 80.1 Å². The van der Waals surface area contributed by atoms with Gasteiger partial charge in [-0.05, 0) is 63.0 Å². The summed E-state index contributed by atoms with van der Waals surface area (Å²) in [6.45, 7) is 10.9. The number of amides is 3. The van der Waals surface area contributed by atoms with Gasteiger partial charge in [0.05, 0.1) is 24.9 Å². The first-order valence-electron chi connectivity index (χ1n) is 19.5. The molecule has 4 N–H and O–H groups in total. The number of fused-ring (bicyclic) bond motifs is 1. The summed E-state index contributed by atoms with van der Waals surface area (Å²) in [5.74, 6) is -2.88. The molecule has 1 saturated heterocycles. The van der Waals surface area contributed by atoms with Crippen molar-refractivity contribution in [3.05, 3.63) is 28.6 Å². The SMILES string of the molecule is CC[C@@H]1C[C@]1(NC(=O)[C@@H]1C[C@@H](Oc2cc(-c3csc(NC(C)C)n3)nc3c(Cl)c(OC)ccc23)CN1C(=O)[C@@H](NC(=O)O[C@@H]1CC[C@@H](C(F)F)C1)C(C)(C)C)C(=O)O. The molecule has 1 aromatic carbocycles. The number of benzene rings is 1. The van der Waals surface area contributed by atoms with E-state index < -0.39 is 71.5 Å². The number of alkyl halides is 2. The Morgan fingerprint density at radius 3 is 2.43 bits per heavy atom. The summed E-state index contributed by atoms with van der Waals surface area (Å²) in [7, 11) is 1.49. The number of nitrogens with one attached hydrogen (secondary N) is 3. The molecule has 3 heterocycles. The van der Waals surface area contributed by atoms with Crippen LogP contribution in [0.5, 0.6) is 11.5 Å². The van der Waals surface area contributed by atoms with Gasteiger partial charge in [0.2, 0.25) is 18.2 Å². The van der Waals surface area contributed by atoms with E-state index >= 15 is 0 Å². The number of pyridine rings is 1. The van der Waals surface area contributed by atoms with Crippen LogP contribution >= 0.6 is 22.9 Å². The molecule has 2 aromatic heterocycles. The van der Waals surface area contributed by atoms with Crippen LogP contribution in [-0.2, 0) is 19.1 Å². The smallest absolute Gasteiger partial charge is 0.408 e. The molecule has 0 radical (unpaired) electrons. The Morgan fingerprint density at radius 1 is 1.09 bits per heavy atom. The van der Waals surface area contributed by atoms with Crippen molar-refractivity contribution in [3.63, 3.8) is 0 Å². The average Bonchev–Trinajstić information content (AvgIpc) is 3.52. The monoisotopic (exact) mass is 848 g/mol. The fourth-order valence-electron chi connectivity index (χ4n) is 7.88. The second-order valence-electron chi connectivity index (χ2n) is 16.8. The van der Waals surface area contributed by atoms with Gasteiger partial charge in [0.15, 0.2) is 5.13 Å². The average molecular weight is 849 g/mol. The van der Waals surface area contributed by atoms with Crippen LogP contribution in [0.25, 0.3) is 22.3 Å². The minimum atomic E-state index is -2.53. The van der Waals surface area contributed by atoms with Gasteiger partial charge >= 0.3 is 12.1 Å². The highest BCUT2D eigenvalue weighted by atomic mass is 35.5. The number of likely N-dealkylation sites (tertiary alicyclic amines) is 1. The third kappa shape index (κ3) is 9.04. The van der Waals surface area contributed by atoms with Gasteiger partial charge < -0.3 is 40.2 Å². The van der Waals surface area contributed by atoms with Gasteiger partial charge in [-0.3, -0.25) is 9.59 Å². The first-order valence-corrected chi connectivity index (χ1v) is 20.8. The van der Waals surface area contributed by atoms with Crippen molar-refractivity contribution in [1.82, 2.24) is 25.5 Å². The highest BCUT2D eigenvalue weighted by Gasteiger charge is 2.61. The lowest BCUT2D eigenvalue weighted by Crippen LogP contribution is -2.59. The number of rotatable bonds is 14. The maximum absolute atomic E-state index is 14.7. The van der Waals surface area contributed by atoms with Gasteiger partial charge in [-0.15, -0.1) is 11.3 Å². The first kappa shape index (κ1) is 43.1. The van der Waals surface area contributed by atoms with Gasteiger partial charge in [0.1, 0.15) is 52.0 Å². The van der Waals surface area contributed by atoms with Crippen LogP contribution in [-0.4, -0.2) is 99.8 Å². The summed E-state index contributed by atoms with van der Waals surface area (Å²) in [5.41, 5.74) is -0.995. The molecule has 1 aliphatic heterocycles. The molecule has 58 heavy (non-hydrogen) atoms. The Balaban J connectivity index is 1.32. The van der Waals surface area contributed by atoms with E-state index in [4.69, 9.17) is 35.8 Å². The van der Waals surface area contributed by atoms with Gasteiger partial charge in [0.25, 0.3) is 0 Å². The summed E-state index contributed by atoms with van der Waals surface area (Å²) in [4.78, 5) is 65.3. The molecular weight excluding hydrogens is 798 g/mol. The number of aliphatic carboxylic acids is 1. The van der Waals surface area contributed by atoms with E-state index in [-0.39, 0.29) is 55.6 Å². The van der Waals surface area contributed by atoms with E-state index in [2.05, 4.69) is 16.0 Å². The number of alkyl carbamates (subject to hydrolysis) is 1. The van der Waals surface area contributed by atoms with E-state index in [1.807, 2.05) is 26.2 Å². The van der Waals surface area contributed by atoms with Gasteiger partial charge in [-0.25, -0.2) is 28.3 Å². The van der Waals surface area contributed by atoms with E-state index in [1.54, 1.807) is 39.0 Å². The summed E-state index contributed by atoms with van der Waals surface area (Å²) in [6, 6.07) is 2.87. The molecule has 18 heteroatoms. The minimum Gasteiger partial charge on any atom is -0.495 e. The largest absolute Gasteiger partial charge is 0.495 e. The third-order valence-corrected chi connectivity index (χ3v) is 12.3. The summed E-state index contributed by atoms with van der Waals surface area (Å²) in [5, 5.41) is 22.1. The molecule has 14 nitrogen and oxygen atoms in total. The Labute approximate surface area is 344 Å². The van der Waals surface area contributed by atoms with Crippen LogP contribution in [0.3, 0.4) is 0 Å². The van der Waals surface area contributed by atoms with Crippen molar-refractivity contribution in [2.45, 2.75) is 122 Å². The molecule has 0 unspecified atom stereocenters. The Kier molecular flexibility index (Phi) is 12.6. The number of carboxylic acids is 1. The Hall–Kier alpha value is -4.51. The van der Waals surface area contributed by atoms with Crippen LogP contribution in [0, 0.1) is 17.3 Å². The van der Waals surface area contributed by atoms with Gasteiger partial charge in [0, 0.05) is 35.2 Å². The molecule has 3 aromatic rings. The topological polar surface area (TPSA) is 181 Å². The van der Waals surface area contributed by atoms with E-state index in [0.717, 1.165) is 0 Å². The van der Waals surface area contributed by atoms with Gasteiger partial charge in [-0.2, -0.15) is 0 Å². The number of nitrogens with zero attached hydrogens (tertiary/aromatic N) is 3. The highest BCUT2D eigenvalue weighted by molar-refractivity contribution is 7.14. The number of hydrogen-bond acceptors (Lipinski definition) is 11. The summed E-state index contributed by atoms with van der Waals surface area (Å²) >= 11 is 8.21. The first-order chi connectivity index (χ1) is 27.3. The third-order valence-electron chi connectivity index (χ3n) is 11.1. The van der Waals surface area contributed by atoms with E-state index in [1.165, 1.54) is 23.3 Å². The van der Waals surface area contributed by atoms with Crippen molar-refractivity contribution in [1.29, 1.82) is 0 Å². The number of ether oxygens (including phenoxy) is 3. The van der Waals surface area contributed by atoms with Crippen molar-refractivity contribution in [2.24, 2.45) is 17.3 Å². The molecule has 7 atom stereocenters. The van der Waals surface area contributed by atoms with Crippen LogP contribution in [0.4, 0.5) is 18.7 Å². The number of halogens is 3. The number of carbonyl (C=O) groups is 4. The lowest BCUT2D eigenvalue weighted by atomic mass is 9.85.